The van der Waals surface area contributed by atoms with Crippen molar-refractivity contribution >= 4 is 146 Å². The van der Waals surface area contributed by atoms with Crippen molar-refractivity contribution < 1.29 is 0 Å². The fourth-order valence-electron chi connectivity index (χ4n) is 2.22. The molecule has 0 radical (unpaired) electrons. The van der Waals surface area contributed by atoms with Gasteiger partial charge < -0.3 is 0 Å². The van der Waals surface area contributed by atoms with Crippen molar-refractivity contribution in [3.05, 3.63) is 0 Å². The molecule has 0 amide bonds. The molecule has 0 bridgehead atoms. The molecule has 156 valence electrons. The Morgan fingerprint density at radius 3 is 2.12 bits per heavy atom. The first kappa shape index (κ1) is 28.2. The second-order valence-corrected chi connectivity index (χ2v) is 18.0. The molecule has 1 heterocycles. The fourth-order valence-corrected chi connectivity index (χ4v) is 13.5. The number of rotatable bonds is 14. The summed E-state index contributed by atoms with van der Waals surface area (Å²) in [7, 11) is 0. The van der Waals surface area contributed by atoms with E-state index in [-0.39, 0.29) is 5.25 Å². The summed E-state index contributed by atoms with van der Waals surface area (Å²) in [5.41, 5.74) is 0. The van der Waals surface area contributed by atoms with Gasteiger partial charge in [0.25, 0.3) is 0 Å². The summed E-state index contributed by atoms with van der Waals surface area (Å²) in [5, 5.41) is 4.36. The maximum Gasteiger partial charge on any atom is 0.0939 e. The molecule has 0 nitrogen and oxygen atoms in total. The Morgan fingerprint density at radius 2 is 1.58 bits per heavy atom. The van der Waals surface area contributed by atoms with Crippen LogP contribution in [0, 0.1) is 0 Å². The summed E-state index contributed by atoms with van der Waals surface area (Å²) in [6, 6.07) is 0. The van der Waals surface area contributed by atoms with Crippen LogP contribution in [0.15, 0.2) is 0 Å². The number of thioether (sulfide) groups is 6. The Labute approximate surface area is 218 Å². The molecule has 0 spiro atoms. The lowest BCUT2D eigenvalue weighted by molar-refractivity contribution is 0.713. The van der Waals surface area contributed by atoms with Gasteiger partial charge in [-0.3, -0.25) is 0 Å². The predicted molar refractivity (Wildman–Crippen MR) is 161 cm³/mol. The van der Waals surface area contributed by atoms with Crippen LogP contribution in [0.2, 0.25) is 0 Å². The molecular formula is C14H28S12. The van der Waals surface area contributed by atoms with Crippen LogP contribution in [0.25, 0.3) is 0 Å². The lowest BCUT2D eigenvalue weighted by Crippen LogP contribution is -2.30. The molecule has 6 unspecified atom stereocenters. The van der Waals surface area contributed by atoms with Gasteiger partial charge in [0.05, 0.1) is 8.50 Å². The molecule has 0 aromatic rings. The second kappa shape index (κ2) is 17.7. The van der Waals surface area contributed by atoms with Gasteiger partial charge in [-0.15, -0.1) is 58.8 Å². The van der Waals surface area contributed by atoms with Gasteiger partial charge in [-0.25, -0.2) is 0 Å². The van der Waals surface area contributed by atoms with E-state index in [0.29, 0.717) is 24.2 Å². The van der Waals surface area contributed by atoms with Gasteiger partial charge in [0.2, 0.25) is 0 Å². The van der Waals surface area contributed by atoms with Crippen molar-refractivity contribution in [3.8, 4) is 0 Å². The predicted octanol–water partition coefficient (Wildman–Crippen LogP) is 6.71. The Morgan fingerprint density at radius 1 is 0.923 bits per heavy atom. The normalized spacial score (nSPS) is 24.0. The highest BCUT2D eigenvalue weighted by Crippen LogP contribution is 2.42. The molecule has 1 fully saturated rings. The zero-order valence-electron chi connectivity index (χ0n) is 14.3. The summed E-state index contributed by atoms with van der Waals surface area (Å²) in [6.45, 7) is 0. The topological polar surface area (TPSA) is 0 Å². The quantitative estimate of drug-likeness (QED) is 0.0991. The van der Waals surface area contributed by atoms with Gasteiger partial charge in [0, 0.05) is 47.8 Å². The van der Waals surface area contributed by atoms with Crippen LogP contribution in [0.3, 0.4) is 0 Å². The van der Waals surface area contributed by atoms with Gasteiger partial charge in [0.1, 0.15) is 0 Å². The van der Waals surface area contributed by atoms with Crippen molar-refractivity contribution in [1.82, 2.24) is 0 Å². The van der Waals surface area contributed by atoms with Crippen LogP contribution in [-0.2, 0) is 0 Å². The highest BCUT2D eigenvalue weighted by molar-refractivity contribution is 8.33. The summed E-state index contributed by atoms with van der Waals surface area (Å²) >= 11 is 39.5. The van der Waals surface area contributed by atoms with E-state index in [0.717, 1.165) is 28.1 Å². The summed E-state index contributed by atoms with van der Waals surface area (Å²) in [5.74, 6) is 3.08. The summed E-state index contributed by atoms with van der Waals surface area (Å²) < 4.78 is 1.02. The third-order valence-electron chi connectivity index (χ3n) is 3.60. The lowest BCUT2D eigenvalue weighted by Gasteiger charge is -2.29. The van der Waals surface area contributed by atoms with Crippen molar-refractivity contribution in [1.29, 1.82) is 0 Å². The van der Waals surface area contributed by atoms with E-state index < -0.39 is 0 Å². The number of hydrogen-bond acceptors (Lipinski definition) is 12. The van der Waals surface area contributed by atoms with Crippen molar-refractivity contribution in [3.63, 3.8) is 0 Å². The van der Waals surface area contributed by atoms with Crippen LogP contribution < -0.4 is 0 Å². The molecule has 0 aromatic carbocycles. The standard InChI is InChI=1S/C14H28S12/c15-4-9(18)11(23-6-16)3-12(24-7-17)10(19)5-22-14(20)26-13-1-2-21-8-25-13/h9-20H,1-8H2. The molecule has 1 aliphatic heterocycles. The summed E-state index contributed by atoms with van der Waals surface area (Å²) in [4.78, 5) is 0. The molecule has 1 rings (SSSR count). The van der Waals surface area contributed by atoms with Crippen molar-refractivity contribution in [2.75, 3.05) is 32.5 Å². The molecule has 12 heteroatoms. The van der Waals surface area contributed by atoms with E-state index in [1.807, 2.05) is 58.8 Å². The maximum absolute atomic E-state index is 4.94. The van der Waals surface area contributed by atoms with Crippen LogP contribution in [0.4, 0.5) is 0 Å². The van der Waals surface area contributed by atoms with Crippen LogP contribution in [0.1, 0.15) is 12.8 Å². The molecule has 1 aliphatic rings. The molecule has 0 aliphatic carbocycles. The Bertz CT molecular complexity index is 340. The SMILES string of the molecule is SCSC(CC(SCS)C(S)CSC(S)SC1CCSCS1)C(S)CS. The van der Waals surface area contributed by atoms with E-state index in [1.165, 1.54) is 17.3 Å². The van der Waals surface area contributed by atoms with Crippen LogP contribution in [0.5, 0.6) is 0 Å². The largest absolute Gasteiger partial charge is 0.178 e. The highest BCUT2D eigenvalue weighted by atomic mass is 32.3. The van der Waals surface area contributed by atoms with E-state index in [2.05, 4.69) is 49.6 Å². The Hall–Kier alpha value is 4.20. The minimum atomic E-state index is 0.279. The molecule has 1 saturated heterocycles. The number of thiol groups is 6. The number of hydrogen-bond donors (Lipinski definition) is 6. The van der Waals surface area contributed by atoms with Crippen molar-refractivity contribution in [2.24, 2.45) is 0 Å². The molecule has 0 aromatic heterocycles. The minimum Gasteiger partial charge on any atom is -0.178 e. The first-order valence-electron chi connectivity index (χ1n) is 8.08. The lowest BCUT2D eigenvalue weighted by atomic mass is 10.1. The third kappa shape index (κ3) is 12.3. The fraction of sp³-hybridized carbons (Fsp3) is 1.00. The monoisotopic (exact) mass is 580 g/mol. The Kier molecular flexibility index (Phi) is 19.2. The molecule has 0 N–H and O–H groups in total. The zero-order valence-corrected chi connectivity index (χ0v) is 24.5. The van der Waals surface area contributed by atoms with E-state index in [4.69, 9.17) is 37.9 Å². The van der Waals surface area contributed by atoms with Gasteiger partial charge in [-0.1, -0.05) is 0 Å². The molecule has 0 saturated carbocycles. The van der Waals surface area contributed by atoms with Gasteiger partial charge in [0.15, 0.2) is 0 Å². The van der Waals surface area contributed by atoms with E-state index in [9.17, 15) is 0 Å². The Balaban J connectivity index is 2.45. The second-order valence-electron chi connectivity index (χ2n) is 5.41. The smallest absolute Gasteiger partial charge is 0.0939 e. The van der Waals surface area contributed by atoms with Gasteiger partial charge in [-0.05, 0) is 18.6 Å². The van der Waals surface area contributed by atoms with E-state index >= 15 is 0 Å². The molecule has 26 heavy (non-hydrogen) atoms. The first-order chi connectivity index (χ1) is 12.5. The highest BCUT2D eigenvalue weighted by Gasteiger charge is 2.27. The first-order valence-corrected chi connectivity index (χ1v) is 17.8. The van der Waals surface area contributed by atoms with Crippen LogP contribution in [-0.4, -0.2) is 62.0 Å². The van der Waals surface area contributed by atoms with Crippen LogP contribution >= 0.6 is 146 Å². The maximum atomic E-state index is 4.94. The van der Waals surface area contributed by atoms with Gasteiger partial charge in [-0.2, -0.15) is 87.5 Å². The molecule has 6 atom stereocenters. The van der Waals surface area contributed by atoms with Crippen molar-refractivity contribution in [2.45, 2.75) is 42.3 Å². The van der Waals surface area contributed by atoms with E-state index in [1.54, 1.807) is 0 Å². The minimum absolute atomic E-state index is 0.279. The van der Waals surface area contributed by atoms with Gasteiger partial charge >= 0.3 is 0 Å². The zero-order chi connectivity index (χ0) is 19.4. The summed E-state index contributed by atoms with van der Waals surface area (Å²) in [6.07, 6.45) is 2.36. The molecular weight excluding hydrogens is 553 g/mol. The third-order valence-corrected chi connectivity index (χ3v) is 15.4. The average molecular weight is 581 g/mol. The average Bonchev–Trinajstić information content (AvgIpc) is 2.65.